The van der Waals surface area contributed by atoms with E-state index in [1.165, 1.54) is 24.3 Å². The highest BCUT2D eigenvalue weighted by Crippen LogP contribution is 2.24. The number of pyridine rings is 1. The van der Waals surface area contributed by atoms with Crippen molar-refractivity contribution in [1.29, 1.82) is 0 Å². The molecule has 2 heterocycles. The zero-order valence-corrected chi connectivity index (χ0v) is 10.7. The molecule has 2 aromatic heterocycles. The van der Waals surface area contributed by atoms with E-state index >= 15 is 0 Å². The minimum absolute atomic E-state index is 0.123. The van der Waals surface area contributed by atoms with E-state index in [9.17, 15) is 9.18 Å². The van der Waals surface area contributed by atoms with Crippen molar-refractivity contribution >= 4 is 11.4 Å². The van der Waals surface area contributed by atoms with Gasteiger partial charge in [0, 0.05) is 6.20 Å². The SMILES string of the molecule is O=c1[nH][nH]c(-c2ccccn2)c1N=Nc1ccc(F)cc1. The van der Waals surface area contributed by atoms with Crippen LogP contribution in [0.25, 0.3) is 11.4 Å². The maximum Gasteiger partial charge on any atom is 0.292 e. The summed E-state index contributed by atoms with van der Waals surface area (Å²) in [5.41, 5.74) is 1.19. The summed E-state index contributed by atoms with van der Waals surface area (Å²) >= 11 is 0. The lowest BCUT2D eigenvalue weighted by molar-refractivity contribution is 0.628. The lowest BCUT2D eigenvalue weighted by Crippen LogP contribution is -1.96. The first kappa shape index (κ1) is 12.9. The second-order valence-corrected chi connectivity index (χ2v) is 4.19. The Bertz CT molecular complexity index is 821. The van der Waals surface area contributed by atoms with E-state index in [1.807, 2.05) is 0 Å². The molecule has 0 saturated carbocycles. The predicted octanol–water partition coefficient (Wildman–Crippen LogP) is 3.32. The van der Waals surface area contributed by atoms with Crippen molar-refractivity contribution in [3.05, 3.63) is 64.8 Å². The number of aromatic amines is 2. The van der Waals surface area contributed by atoms with Crippen molar-refractivity contribution in [2.75, 3.05) is 0 Å². The van der Waals surface area contributed by atoms with Gasteiger partial charge in [-0.2, -0.15) is 5.11 Å². The molecule has 0 aliphatic heterocycles. The van der Waals surface area contributed by atoms with Gasteiger partial charge in [0.2, 0.25) is 0 Å². The first-order valence-electron chi connectivity index (χ1n) is 6.13. The average Bonchev–Trinajstić information content (AvgIpc) is 2.89. The van der Waals surface area contributed by atoms with Crippen molar-refractivity contribution in [3.8, 4) is 11.4 Å². The van der Waals surface area contributed by atoms with Gasteiger partial charge < -0.3 is 0 Å². The third kappa shape index (κ3) is 2.76. The zero-order chi connectivity index (χ0) is 14.7. The van der Waals surface area contributed by atoms with Crippen LogP contribution in [-0.2, 0) is 0 Å². The van der Waals surface area contributed by atoms with E-state index in [-0.39, 0.29) is 11.5 Å². The number of azo groups is 1. The Hall–Kier alpha value is -3.09. The molecule has 21 heavy (non-hydrogen) atoms. The number of aromatic nitrogens is 3. The van der Waals surface area contributed by atoms with Gasteiger partial charge in [-0.25, -0.2) is 4.39 Å². The number of nitrogens with zero attached hydrogens (tertiary/aromatic N) is 3. The van der Waals surface area contributed by atoms with Gasteiger partial charge in [-0.05, 0) is 36.4 Å². The molecule has 3 rings (SSSR count). The summed E-state index contributed by atoms with van der Waals surface area (Å²) in [4.78, 5) is 15.9. The molecule has 0 atom stereocenters. The summed E-state index contributed by atoms with van der Waals surface area (Å²) in [6.07, 6.45) is 1.61. The van der Waals surface area contributed by atoms with Gasteiger partial charge in [0.05, 0.1) is 11.4 Å². The summed E-state index contributed by atoms with van der Waals surface area (Å²) in [5, 5.41) is 13.0. The summed E-state index contributed by atoms with van der Waals surface area (Å²) in [6.45, 7) is 0. The van der Waals surface area contributed by atoms with E-state index in [0.717, 1.165) is 0 Å². The van der Waals surface area contributed by atoms with Crippen molar-refractivity contribution in [2.24, 2.45) is 10.2 Å². The average molecular weight is 283 g/mol. The Morgan fingerprint density at radius 2 is 1.81 bits per heavy atom. The predicted molar refractivity (Wildman–Crippen MR) is 75.2 cm³/mol. The third-order valence-corrected chi connectivity index (χ3v) is 2.77. The van der Waals surface area contributed by atoms with Crippen LogP contribution < -0.4 is 5.56 Å². The molecule has 0 aliphatic rings. The molecule has 0 radical (unpaired) electrons. The summed E-state index contributed by atoms with van der Waals surface area (Å²) < 4.78 is 12.8. The molecule has 0 fully saturated rings. The largest absolute Gasteiger partial charge is 0.294 e. The Morgan fingerprint density at radius 3 is 2.52 bits per heavy atom. The van der Waals surface area contributed by atoms with Gasteiger partial charge in [-0.15, -0.1) is 5.11 Å². The number of hydrogen-bond donors (Lipinski definition) is 2. The van der Waals surface area contributed by atoms with E-state index < -0.39 is 5.56 Å². The highest BCUT2D eigenvalue weighted by atomic mass is 19.1. The first-order valence-corrected chi connectivity index (χ1v) is 6.13. The van der Waals surface area contributed by atoms with Crippen molar-refractivity contribution in [1.82, 2.24) is 15.2 Å². The number of halogens is 1. The quantitative estimate of drug-likeness (QED) is 0.722. The number of H-pyrrole nitrogens is 2. The zero-order valence-electron chi connectivity index (χ0n) is 10.7. The maximum atomic E-state index is 12.8. The second-order valence-electron chi connectivity index (χ2n) is 4.19. The standard InChI is InChI=1S/C14H10FN5O/c15-9-4-6-10(7-5-9)17-19-13-12(18-20-14(13)21)11-3-1-2-8-16-11/h1-8H,(H2,18,20,21). The highest BCUT2D eigenvalue weighted by Gasteiger charge is 2.12. The summed E-state index contributed by atoms with van der Waals surface area (Å²) in [6, 6.07) is 10.8. The molecule has 3 aromatic rings. The van der Waals surface area contributed by atoms with E-state index in [1.54, 1.807) is 24.4 Å². The molecule has 6 nitrogen and oxygen atoms in total. The summed E-state index contributed by atoms with van der Waals surface area (Å²) in [5.74, 6) is -0.359. The normalized spacial score (nSPS) is 11.1. The van der Waals surface area contributed by atoms with Crippen molar-refractivity contribution < 1.29 is 4.39 Å². The van der Waals surface area contributed by atoms with Gasteiger partial charge in [0.1, 0.15) is 11.5 Å². The van der Waals surface area contributed by atoms with Crippen LogP contribution in [0.2, 0.25) is 0 Å². The van der Waals surface area contributed by atoms with Crippen LogP contribution in [0.15, 0.2) is 63.7 Å². The molecule has 0 amide bonds. The molecule has 0 saturated heterocycles. The van der Waals surface area contributed by atoms with Gasteiger partial charge in [-0.1, -0.05) is 6.07 Å². The van der Waals surface area contributed by atoms with Crippen LogP contribution in [0.5, 0.6) is 0 Å². The first-order chi connectivity index (χ1) is 10.2. The molecule has 104 valence electrons. The van der Waals surface area contributed by atoms with Crippen LogP contribution in [0, 0.1) is 5.82 Å². The number of nitrogens with one attached hydrogen (secondary N) is 2. The Kier molecular flexibility index (Phi) is 3.38. The molecular weight excluding hydrogens is 273 g/mol. The minimum Gasteiger partial charge on any atom is -0.294 e. The summed E-state index contributed by atoms with van der Waals surface area (Å²) in [7, 11) is 0. The highest BCUT2D eigenvalue weighted by molar-refractivity contribution is 5.67. The number of rotatable bonds is 3. The molecular formula is C14H10FN5O. The fourth-order valence-electron chi connectivity index (χ4n) is 1.76. The van der Waals surface area contributed by atoms with Gasteiger partial charge >= 0.3 is 0 Å². The smallest absolute Gasteiger partial charge is 0.292 e. The van der Waals surface area contributed by atoms with Crippen LogP contribution >= 0.6 is 0 Å². The number of benzene rings is 1. The van der Waals surface area contributed by atoms with Crippen LogP contribution in [0.1, 0.15) is 0 Å². The van der Waals surface area contributed by atoms with Gasteiger partial charge in [-0.3, -0.25) is 20.0 Å². The molecule has 7 heteroatoms. The van der Waals surface area contributed by atoms with Crippen molar-refractivity contribution in [3.63, 3.8) is 0 Å². The molecule has 1 aromatic carbocycles. The maximum absolute atomic E-state index is 12.8. The molecule has 0 aliphatic carbocycles. The molecule has 0 unspecified atom stereocenters. The Balaban J connectivity index is 1.98. The molecule has 0 bridgehead atoms. The van der Waals surface area contributed by atoms with E-state index in [2.05, 4.69) is 25.4 Å². The lowest BCUT2D eigenvalue weighted by Gasteiger charge is -1.96. The van der Waals surface area contributed by atoms with Gasteiger partial charge in [0.15, 0.2) is 5.69 Å². The van der Waals surface area contributed by atoms with Crippen molar-refractivity contribution in [2.45, 2.75) is 0 Å². The minimum atomic E-state index is -0.401. The number of hydrogen-bond acceptors (Lipinski definition) is 4. The topological polar surface area (TPSA) is 86.3 Å². The molecule has 0 spiro atoms. The van der Waals surface area contributed by atoms with E-state index in [4.69, 9.17) is 0 Å². The van der Waals surface area contributed by atoms with Crippen LogP contribution in [0.4, 0.5) is 15.8 Å². The van der Waals surface area contributed by atoms with Crippen LogP contribution in [-0.4, -0.2) is 15.2 Å². The van der Waals surface area contributed by atoms with Gasteiger partial charge in [0.25, 0.3) is 5.56 Å². The fourth-order valence-corrected chi connectivity index (χ4v) is 1.76. The lowest BCUT2D eigenvalue weighted by atomic mass is 10.2. The van der Waals surface area contributed by atoms with E-state index in [0.29, 0.717) is 17.1 Å². The van der Waals surface area contributed by atoms with Crippen LogP contribution in [0.3, 0.4) is 0 Å². The Labute approximate surface area is 118 Å². The monoisotopic (exact) mass is 283 g/mol. The Morgan fingerprint density at radius 1 is 1.00 bits per heavy atom. The fraction of sp³-hybridized carbons (Fsp3) is 0. The third-order valence-electron chi connectivity index (χ3n) is 2.77. The molecule has 2 N–H and O–H groups in total. The second kappa shape index (κ2) is 5.49.